The van der Waals surface area contributed by atoms with Gasteiger partial charge in [0.05, 0.1) is 16.9 Å². The molecule has 1 aromatic heterocycles. The van der Waals surface area contributed by atoms with Gasteiger partial charge in [0, 0.05) is 31.1 Å². The minimum Gasteiger partial charge on any atom is -0.351 e. The van der Waals surface area contributed by atoms with Crippen molar-refractivity contribution < 1.29 is 18.8 Å². The van der Waals surface area contributed by atoms with E-state index in [2.05, 4.69) is 25.9 Å². The number of rotatable bonds is 11. The Kier molecular flexibility index (Phi) is 9.51. The van der Waals surface area contributed by atoms with Crippen LogP contribution in [0.25, 0.3) is 0 Å². The molecule has 0 aliphatic carbocycles. The molecule has 0 spiro atoms. The van der Waals surface area contributed by atoms with Crippen LogP contribution in [0.15, 0.2) is 48.8 Å². The van der Waals surface area contributed by atoms with Gasteiger partial charge in [-0.05, 0) is 55.4 Å². The fraction of sp³-hybridized carbons (Fsp3) is 0.250. The number of hydrogen-bond donors (Lipinski definition) is 5. The highest BCUT2D eigenvalue weighted by Gasteiger charge is 2.20. The molecule has 1 heterocycles. The van der Waals surface area contributed by atoms with Crippen LogP contribution in [0, 0.1) is 5.82 Å². The first-order chi connectivity index (χ1) is 17.3. The molecule has 0 saturated heterocycles. The van der Waals surface area contributed by atoms with Crippen LogP contribution in [0.2, 0.25) is 5.02 Å². The third kappa shape index (κ3) is 7.11. The molecule has 3 rings (SSSR count). The first-order valence-corrected chi connectivity index (χ1v) is 11.6. The highest BCUT2D eigenvalue weighted by atomic mass is 35.5. The maximum atomic E-state index is 13.2. The van der Waals surface area contributed by atoms with E-state index in [-0.39, 0.29) is 22.0 Å². The predicted molar refractivity (Wildman–Crippen MR) is 136 cm³/mol. The second-order valence-electron chi connectivity index (χ2n) is 7.74. The van der Waals surface area contributed by atoms with Crippen molar-refractivity contribution in [2.75, 3.05) is 36.9 Å². The number of benzene rings is 2. The standard InChI is InChI=1S/C24H27ClFN7O3/c1-2-33(13-27)11-3-10-28-23(35)20-21(30-14-29-20)24(36)32-17-7-5-16(6-8-17)31-22(34)18-9-4-15(26)12-19(18)25/h4-9,12,14H,2-3,10-11,13,27H2,1H3,(H,28,35)(H,29,30)(H,31,34)(H,32,36). The zero-order valence-corrected chi connectivity index (χ0v) is 20.4. The molecule has 0 atom stereocenters. The van der Waals surface area contributed by atoms with Gasteiger partial charge in [0.25, 0.3) is 17.7 Å². The lowest BCUT2D eigenvalue weighted by molar-refractivity contribution is 0.0933. The third-order valence-corrected chi connectivity index (χ3v) is 5.61. The molecule has 10 nitrogen and oxygen atoms in total. The van der Waals surface area contributed by atoms with Gasteiger partial charge in [-0.1, -0.05) is 18.5 Å². The summed E-state index contributed by atoms with van der Waals surface area (Å²) in [5, 5.41) is 8.08. The number of anilines is 2. The van der Waals surface area contributed by atoms with Gasteiger partial charge < -0.3 is 26.7 Å². The molecular weight excluding hydrogens is 489 g/mol. The van der Waals surface area contributed by atoms with Gasteiger partial charge in [-0.2, -0.15) is 0 Å². The summed E-state index contributed by atoms with van der Waals surface area (Å²) < 4.78 is 13.2. The molecule has 12 heteroatoms. The smallest absolute Gasteiger partial charge is 0.276 e. The molecule has 6 N–H and O–H groups in total. The number of carbonyl (C=O) groups excluding carboxylic acids is 3. The van der Waals surface area contributed by atoms with E-state index in [1.54, 1.807) is 24.3 Å². The monoisotopic (exact) mass is 515 g/mol. The van der Waals surface area contributed by atoms with Gasteiger partial charge in [-0.15, -0.1) is 0 Å². The number of aromatic amines is 1. The summed E-state index contributed by atoms with van der Waals surface area (Å²) in [7, 11) is 0. The first-order valence-electron chi connectivity index (χ1n) is 11.2. The quantitative estimate of drug-likeness (QED) is 0.196. The molecule has 0 unspecified atom stereocenters. The number of imidazole rings is 1. The summed E-state index contributed by atoms with van der Waals surface area (Å²) >= 11 is 5.93. The Morgan fingerprint density at radius 2 is 1.72 bits per heavy atom. The molecule has 36 heavy (non-hydrogen) atoms. The van der Waals surface area contributed by atoms with Crippen LogP contribution < -0.4 is 21.7 Å². The number of amides is 3. The fourth-order valence-corrected chi connectivity index (χ4v) is 3.56. The highest BCUT2D eigenvalue weighted by molar-refractivity contribution is 6.34. The number of nitrogens with zero attached hydrogens (tertiary/aromatic N) is 2. The highest BCUT2D eigenvalue weighted by Crippen LogP contribution is 2.20. The number of nitrogens with one attached hydrogen (secondary N) is 4. The van der Waals surface area contributed by atoms with E-state index in [1.807, 2.05) is 11.8 Å². The van der Waals surface area contributed by atoms with E-state index in [1.165, 1.54) is 12.4 Å². The molecule has 2 aromatic carbocycles. The fourth-order valence-electron chi connectivity index (χ4n) is 3.31. The molecule has 3 amide bonds. The Bertz CT molecular complexity index is 1210. The Balaban J connectivity index is 1.55. The van der Waals surface area contributed by atoms with Gasteiger partial charge >= 0.3 is 0 Å². The zero-order chi connectivity index (χ0) is 26.1. The minimum absolute atomic E-state index is 0.00582. The summed E-state index contributed by atoms with van der Waals surface area (Å²) in [5.74, 6) is -2.06. The summed E-state index contributed by atoms with van der Waals surface area (Å²) in [4.78, 5) is 46.3. The summed E-state index contributed by atoms with van der Waals surface area (Å²) in [6.07, 6.45) is 1.99. The van der Waals surface area contributed by atoms with Gasteiger partial charge in [0.15, 0.2) is 5.69 Å². The van der Waals surface area contributed by atoms with Crippen molar-refractivity contribution in [1.29, 1.82) is 0 Å². The van der Waals surface area contributed by atoms with Crippen LogP contribution in [0.5, 0.6) is 0 Å². The summed E-state index contributed by atoms with van der Waals surface area (Å²) in [6, 6.07) is 9.78. The maximum absolute atomic E-state index is 13.2. The second kappa shape index (κ2) is 12.8. The minimum atomic E-state index is -0.573. The van der Waals surface area contributed by atoms with Crippen molar-refractivity contribution in [3.05, 3.63) is 76.6 Å². The van der Waals surface area contributed by atoms with E-state index in [9.17, 15) is 18.8 Å². The van der Waals surface area contributed by atoms with Gasteiger partial charge in [0.2, 0.25) is 0 Å². The third-order valence-electron chi connectivity index (χ3n) is 5.30. The SMILES string of the molecule is CCN(CN)CCCNC(=O)c1[nH]cnc1C(=O)Nc1ccc(NC(=O)c2ccc(F)cc2Cl)cc1. The van der Waals surface area contributed by atoms with Crippen molar-refractivity contribution in [2.24, 2.45) is 5.73 Å². The van der Waals surface area contributed by atoms with Gasteiger partial charge in [0.1, 0.15) is 11.5 Å². The van der Waals surface area contributed by atoms with Crippen LogP contribution in [-0.2, 0) is 0 Å². The van der Waals surface area contributed by atoms with E-state index in [4.69, 9.17) is 17.3 Å². The summed E-state index contributed by atoms with van der Waals surface area (Å²) in [6.45, 7) is 4.45. The van der Waals surface area contributed by atoms with Crippen LogP contribution in [0.1, 0.15) is 44.7 Å². The molecule has 190 valence electrons. The molecule has 0 saturated carbocycles. The molecule has 0 bridgehead atoms. The van der Waals surface area contributed by atoms with E-state index < -0.39 is 23.5 Å². The Morgan fingerprint density at radius 1 is 1.06 bits per heavy atom. The normalized spacial score (nSPS) is 10.8. The van der Waals surface area contributed by atoms with E-state index >= 15 is 0 Å². The largest absolute Gasteiger partial charge is 0.351 e. The van der Waals surface area contributed by atoms with Crippen molar-refractivity contribution >= 4 is 40.7 Å². The molecule has 0 aliphatic heterocycles. The van der Waals surface area contributed by atoms with Crippen molar-refractivity contribution in [3.63, 3.8) is 0 Å². The van der Waals surface area contributed by atoms with E-state index in [0.717, 1.165) is 25.2 Å². The molecule has 0 fully saturated rings. The number of nitrogens with two attached hydrogens (primary N) is 1. The van der Waals surface area contributed by atoms with Crippen LogP contribution in [-0.4, -0.2) is 58.9 Å². The Hall–Kier alpha value is -3.80. The molecule has 3 aromatic rings. The Labute approximate surface area is 212 Å². The number of halogens is 2. The van der Waals surface area contributed by atoms with E-state index in [0.29, 0.717) is 31.0 Å². The molecular formula is C24H27ClFN7O3. The van der Waals surface area contributed by atoms with Crippen LogP contribution in [0.4, 0.5) is 15.8 Å². The lowest BCUT2D eigenvalue weighted by Crippen LogP contribution is -2.34. The topological polar surface area (TPSA) is 145 Å². The van der Waals surface area contributed by atoms with Gasteiger partial charge in [-0.25, -0.2) is 9.37 Å². The number of H-pyrrole nitrogens is 1. The first kappa shape index (κ1) is 26.8. The number of carbonyl (C=O) groups is 3. The average molecular weight is 516 g/mol. The Morgan fingerprint density at radius 3 is 2.33 bits per heavy atom. The molecule has 0 aliphatic rings. The maximum Gasteiger partial charge on any atom is 0.276 e. The van der Waals surface area contributed by atoms with Crippen LogP contribution in [0.3, 0.4) is 0 Å². The van der Waals surface area contributed by atoms with Crippen molar-refractivity contribution in [1.82, 2.24) is 20.2 Å². The number of aromatic nitrogens is 2. The molecule has 0 radical (unpaired) electrons. The average Bonchev–Trinajstić information content (AvgIpc) is 3.35. The van der Waals surface area contributed by atoms with Crippen molar-refractivity contribution in [2.45, 2.75) is 13.3 Å². The van der Waals surface area contributed by atoms with Gasteiger partial charge in [-0.3, -0.25) is 19.3 Å². The van der Waals surface area contributed by atoms with Crippen LogP contribution >= 0.6 is 11.6 Å². The summed E-state index contributed by atoms with van der Waals surface area (Å²) in [5.41, 5.74) is 6.63. The zero-order valence-electron chi connectivity index (χ0n) is 19.6. The lowest BCUT2D eigenvalue weighted by Gasteiger charge is -2.17. The van der Waals surface area contributed by atoms with Crippen molar-refractivity contribution in [3.8, 4) is 0 Å². The lowest BCUT2D eigenvalue weighted by atomic mass is 10.2. The second-order valence-corrected chi connectivity index (χ2v) is 8.15. The number of hydrogen-bond acceptors (Lipinski definition) is 6. The predicted octanol–water partition coefficient (Wildman–Crippen LogP) is 3.06.